The molecule has 6 nitrogen and oxygen atoms in total. The molecular weight excluding hydrogens is 288 g/mol. The molecule has 0 unspecified atom stereocenters. The first-order valence-electron chi connectivity index (χ1n) is 7.11. The minimum Gasteiger partial charge on any atom is -0.479 e. The van der Waals surface area contributed by atoms with E-state index in [1.807, 2.05) is 30.3 Å². The van der Waals surface area contributed by atoms with Crippen LogP contribution in [0.2, 0.25) is 0 Å². The number of aliphatic carboxylic acids is 1. The molecule has 0 aromatic heterocycles. The van der Waals surface area contributed by atoms with Crippen molar-refractivity contribution in [2.24, 2.45) is 5.41 Å². The lowest BCUT2D eigenvalue weighted by Crippen LogP contribution is -2.46. The lowest BCUT2D eigenvalue weighted by atomic mass is 9.81. The zero-order valence-electron chi connectivity index (χ0n) is 12.8. The van der Waals surface area contributed by atoms with E-state index in [0.29, 0.717) is 6.61 Å². The summed E-state index contributed by atoms with van der Waals surface area (Å²) in [6.45, 7) is 3.59. The van der Waals surface area contributed by atoms with Crippen LogP contribution in [-0.2, 0) is 25.7 Å². The van der Waals surface area contributed by atoms with Crippen molar-refractivity contribution >= 4 is 11.9 Å². The molecule has 0 aliphatic rings. The van der Waals surface area contributed by atoms with Crippen LogP contribution in [0.15, 0.2) is 30.3 Å². The minimum atomic E-state index is -1.84. The SMILES string of the molecule is CCOC(=O)[C@](C)(CCOCc1ccccc1)[C@H](O)C(=O)O. The molecule has 0 spiro atoms. The van der Waals surface area contributed by atoms with Gasteiger partial charge in [-0.3, -0.25) is 4.79 Å². The fraction of sp³-hybridized carbons (Fsp3) is 0.500. The second-order valence-electron chi connectivity index (χ2n) is 5.17. The van der Waals surface area contributed by atoms with Gasteiger partial charge in [-0.15, -0.1) is 0 Å². The van der Waals surface area contributed by atoms with Gasteiger partial charge < -0.3 is 19.7 Å². The summed E-state index contributed by atoms with van der Waals surface area (Å²) in [7, 11) is 0. The summed E-state index contributed by atoms with van der Waals surface area (Å²) < 4.78 is 10.3. The van der Waals surface area contributed by atoms with Crippen LogP contribution in [0.5, 0.6) is 0 Å². The van der Waals surface area contributed by atoms with Crippen LogP contribution in [0.25, 0.3) is 0 Å². The molecular formula is C16H22O6. The number of carboxylic acids is 1. The van der Waals surface area contributed by atoms with Crippen LogP contribution in [0.3, 0.4) is 0 Å². The van der Waals surface area contributed by atoms with Gasteiger partial charge in [0.15, 0.2) is 6.10 Å². The maximum atomic E-state index is 12.0. The molecule has 0 aliphatic heterocycles. The van der Waals surface area contributed by atoms with E-state index in [-0.39, 0.29) is 19.6 Å². The van der Waals surface area contributed by atoms with Crippen molar-refractivity contribution in [2.45, 2.75) is 33.0 Å². The third-order valence-electron chi connectivity index (χ3n) is 3.46. The Kier molecular flexibility index (Phi) is 7.01. The van der Waals surface area contributed by atoms with Gasteiger partial charge in [-0.05, 0) is 25.8 Å². The molecule has 0 bridgehead atoms. The summed E-state index contributed by atoms with van der Waals surface area (Å²) in [6, 6.07) is 9.46. The number of carbonyl (C=O) groups is 2. The number of ether oxygens (including phenoxy) is 2. The largest absolute Gasteiger partial charge is 0.479 e. The van der Waals surface area contributed by atoms with Gasteiger partial charge in [-0.25, -0.2) is 4.79 Å². The van der Waals surface area contributed by atoms with E-state index in [9.17, 15) is 14.7 Å². The van der Waals surface area contributed by atoms with Gasteiger partial charge in [0.05, 0.1) is 13.2 Å². The van der Waals surface area contributed by atoms with Crippen LogP contribution >= 0.6 is 0 Å². The van der Waals surface area contributed by atoms with E-state index in [4.69, 9.17) is 14.6 Å². The summed E-state index contributed by atoms with van der Waals surface area (Å²) in [5, 5.41) is 18.8. The van der Waals surface area contributed by atoms with Gasteiger partial charge in [0.1, 0.15) is 5.41 Å². The van der Waals surface area contributed by atoms with Crippen molar-refractivity contribution in [3.8, 4) is 0 Å². The standard InChI is InChI=1S/C16H22O6/c1-3-22-15(20)16(2,13(17)14(18)19)9-10-21-11-12-7-5-4-6-8-12/h4-8,13,17H,3,9-11H2,1-2H3,(H,18,19)/t13-,16-/m1/s1. The number of carboxylic acid groups (broad SMARTS) is 1. The van der Waals surface area contributed by atoms with Crippen molar-refractivity contribution in [3.05, 3.63) is 35.9 Å². The third kappa shape index (κ3) is 4.82. The number of rotatable bonds is 9. The number of esters is 1. The fourth-order valence-electron chi connectivity index (χ4n) is 1.97. The lowest BCUT2D eigenvalue weighted by molar-refractivity contribution is -0.174. The number of benzene rings is 1. The average Bonchev–Trinajstić information content (AvgIpc) is 2.51. The highest BCUT2D eigenvalue weighted by Gasteiger charge is 2.45. The maximum Gasteiger partial charge on any atom is 0.333 e. The van der Waals surface area contributed by atoms with Gasteiger partial charge >= 0.3 is 11.9 Å². The van der Waals surface area contributed by atoms with Crippen LogP contribution in [0.4, 0.5) is 0 Å². The molecule has 1 aromatic carbocycles. The molecule has 0 saturated heterocycles. The van der Waals surface area contributed by atoms with E-state index in [1.54, 1.807) is 6.92 Å². The molecule has 1 rings (SSSR count). The number of hydrogen-bond acceptors (Lipinski definition) is 5. The zero-order chi connectivity index (χ0) is 16.6. The molecule has 0 fully saturated rings. The predicted molar refractivity (Wildman–Crippen MR) is 79.1 cm³/mol. The van der Waals surface area contributed by atoms with E-state index in [2.05, 4.69) is 0 Å². The lowest BCUT2D eigenvalue weighted by Gasteiger charge is -2.29. The molecule has 6 heteroatoms. The molecule has 122 valence electrons. The van der Waals surface area contributed by atoms with Crippen LogP contribution < -0.4 is 0 Å². The third-order valence-corrected chi connectivity index (χ3v) is 3.46. The maximum absolute atomic E-state index is 12.0. The van der Waals surface area contributed by atoms with Crippen LogP contribution in [0.1, 0.15) is 25.8 Å². The summed E-state index contributed by atoms with van der Waals surface area (Å²) in [6.07, 6.45) is -1.79. The molecule has 2 atom stereocenters. The molecule has 0 saturated carbocycles. The first-order chi connectivity index (χ1) is 10.4. The van der Waals surface area contributed by atoms with Crippen LogP contribution in [-0.4, -0.2) is 41.5 Å². The molecule has 0 heterocycles. The monoisotopic (exact) mass is 310 g/mol. The van der Waals surface area contributed by atoms with E-state index in [0.717, 1.165) is 5.56 Å². The number of carbonyl (C=O) groups excluding carboxylic acids is 1. The first-order valence-corrected chi connectivity index (χ1v) is 7.11. The number of aliphatic hydroxyl groups is 1. The van der Waals surface area contributed by atoms with Crippen molar-refractivity contribution in [1.82, 2.24) is 0 Å². The molecule has 22 heavy (non-hydrogen) atoms. The zero-order valence-corrected chi connectivity index (χ0v) is 12.8. The molecule has 0 aliphatic carbocycles. The highest BCUT2D eigenvalue weighted by Crippen LogP contribution is 2.28. The Labute approximate surface area is 129 Å². The number of hydrogen-bond donors (Lipinski definition) is 2. The molecule has 0 radical (unpaired) electrons. The Morgan fingerprint density at radius 3 is 2.45 bits per heavy atom. The Balaban J connectivity index is 2.61. The average molecular weight is 310 g/mol. The Hall–Kier alpha value is -1.92. The summed E-state index contributed by atoms with van der Waals surface area (Å²) in [4.78, 5) is 23.0. The van der Waals surface area contributed by atoms with Gasteiger partial charge in [0.25, 0.3) is 0 Å². The van der Waals surface area contributed by atoms with Crippen LogP contribution in [0, 0.1) is 5.41 Å². The van der Waals surface area contributed by atoms with Crippen molar-refractivity contribution in [2.75, 3.05) is 13.2 Å². The van der Waals surface area contributed by atoms with E-state index >= 15 is 0 Å². The minimum absolute atomic E-state index is 0.0478. The highest BCUT2D eigenvalue weighted by atomic mass is 16.5. The quantitative estimate of drug-likeness (QED) is 0.532. The summed E-state index contributed by atoms with van der Waals surface area (Å²) in [5.41, 5.74) is -0.572. The van der Waals surface area contributed by atoms with Crippen molar-refractivity contribution in [3.63, 3.8) is 0 Å². The first kappa shape index (κ1) is 18.1. The Bertz CT molecular complexity index is 487. The number of aliphatic hydroxyl groups excluding tert-OH is 1. The molecule has 1 aromatic rings. The van der Waals surface area contributed by atoms with E-state index < -0.39 is 23.5 Å². The van der Waals surface area contributed by atoms with Crippen molar-refractivity contribution < 1.29 is 29.3 Å². The molecule has 0 amide bonds. The van der Waals surface area contributed by atoms with Gasteiger partial charge in [-0.1, -0.05) is 30.3 Å². The van der Waals surface area contributed by atoms with Gasteiger partial charge in [0.2, 0.25) is 0 Å². The predicted octanol–water partition coefficient (Wildman–Crippen LogP) is 1.61. The summed E-state index contributed by atoms with van der Waals surface area (Å²) >= 11 is 0. The second kappa shape index (κ2) is 8.51. The van der Waals surface area contributed by atoms with Gasteiger partial charge in [-0.2, -0.15) is 0 Å². The summed E-state index contributed by atoms with van der Waals surface area (Å²) in [5.74, 6) is -2.20. The van der Waals surface area contributed by atoms with E-state index in [1.165, 1.54) is 6.92 Å². The normalized spacial score (nSPS) is 14.9. The Morgan fingerprint density at radius 1 is 1.27 bits per heavy atom. The highest BCUT2D eigenvalue weighted by molar-refractivity contribution is 5.85. The smallest absolute Gasteiger partial charge is 0.333 e. The topological polar surface area (TPSA) is 93.1 Å². The Morgan fingerprint density at radius 2 is 1.91 bits per heavy atom. The van der Waals surface area contributed by atoms with Crippen molar-refractivity contribution in [1.29, 1.82) is 0 Å². The second-order valence-corrected chi connectivity index (χ2v) is 5.17. The van der Waals surface area contributed by atoms with Gasteiger partial charge in [0, 0.05) is 6.61 Å². The molecule has 2 N–H and O–H groups in total. The fourth-order valence-corrected chi connectivity index (χ4v) is 1.97.